The van der Waals surface area contributed by atoms with Gasteiger partial charge >= 0.3 is 0 Å². The van der Waals surface area contributed by atoms with Gasteiger partial charge < -0.3 is 0 Å². The molecule has 0 aromatic heterocycles. The van der Waals surface area contributed by atoms with Crippen LogP contribution in [0.5, 0.6) is 0 Å². The highest BCUT2D eigenvalue weighted by Crippen LogP contribution is 2.30. The maximum absolute atomic E-state index is 12.9. The van der Waals surface area contributed by atoms with Crippen LogP contribution in [0.4, 0.5) is 4.39 Å². The van der Waals surface area contributed by atoms with E-state index in [4.69, 9.17) is 5.41 Å². The van der Waals surface area contributed by atoms with Gasteiger partial charge in [-0.25, -0.2) is 12.8 Å². The molecular formula is C14H11FN4O3S2. The molecule has 0 atom stereocenters. The SMILES string of the molecule is CCS(=O)(=O)C1=NN2C(=N)/C(=C\c3ccc(F)cc3)C(=O)N=C2S1. The maximum Gasteiger partial charge on any atom is 0.283 e. The van der Waals surface area contributed by atoms with Crippen molar-refractivity contribution in [1.29, 1.82) is 5.41 Å². The first-order valence-corrected chi connectivity index (χ1v) is 9.27. The average Bonchev–Trinajstić information content (AvgIpc) is 2.98. The van der Waals surface area contributed by atoms with Crippen LogP contribution < -0.4 is 0 Å². The Hall–Kier alpha value is -2.33. The molecule has 0 bridgehead atoms. The monoisotopic (exact) mass is 366 g/mol. The molecule has 1 amide bonds. The zero-order valence-electron chi connectivity index (χ0n) is 12.4. The van der Waals surface area contributed by atoms with E-state index in [-0.39, 0.29) is 26.7 Å². The van der Waals surface area contributed by atoms with Crippen LogP contribution in [-0.2, 0) is 14.6 Å². The molecule has 0 saturated heterocycles. The molecule has 24 heavy (non-hydrogen) atoms. The number of carbonyl (C=O) groups is 1. The minimum absolute atomic E-state index is 0.0354. The van der Waals surface area contributed by atoms with E-state index in [1.54, 1.807) is 0 Å². The van der Waals surface area contributed by atoms with Crippen molar-refractivity contribution in [2.75, 3.05) is 5.75 Å². The van der Waals surface area contributed by atoms with Crippen molar-refractivity contribution in [2.45, 2.75) is 6.92 Å². The minimum Gasteiger partial charge on any atom is -0.282 e. The largest absolute Gasteiger partial charge is 0.283 e. The molecule has 0 unspecified atom stereocenters. The third-order valence-electron chi connectivity index (χ3n) is 3.26. The molecule has 0 spiro atoms. The Morgan fingerprint density at radius 1 is 1.33 bits per heavy atom. The summed E-state index contributed by atoms with van der Waals surface area (Å²) in [6.45, 7) is 1.48. The van der Waals surface area contributed by atoms with Crippen molar-refractivity contribution < 1.29 is 17.6 Å². The second-order valence-electron chi connectivity index (χ2n) is 4.84. The lowest BCUT2D eigenvalue weighted by Crippen LogP contribution is -2.35. The number of rotatable bonds is 2. The molecular weight excluding hydrogens is 355 g/mol. The smallest absolute Gasteiger partial charge is 0.282 e. The molecule has 2 heterocycles. The van der Waals surface area contributed by atoms with Crippen molar-refractivity contribution in [3.05, 3.63) is 41.2 Å². The fourth-order valence-corrected chi connectivity index (χ4v) is 4.11. The molecule has 0 aliphatic carbocycles. The number of nitrogens with zero attached hydrogens (tertiary/aromatic N) is 3. The van der Waals surface area contributed by atoms with Crippen LogP contribution >= 0.6 is 11.8 Å². The van der Waals surface area contributed by atoms with Gasteiger partial charge in [-0.15, -0.1) is 5.10 Å². The van der Waals surface area contributed by atoms with Gasteiger partial charge in [-0.1, -0.05) is 19.1 Å². The zero-order valence-corrected chi connectivity index (χ0v) is 14.0. The molecule has 7 nitrogen and oxygen atoms in total. The van der Waals surface area contributed by atoms with Crippen molar-refractivity contribution in [1.82, 2.24) is 5.01 Å². The summed E-state index contributed by atoms with van der Waals surface area (Å²) >= 11 is 0.743. The van der Waals surface area contributed by atoms with E-state index >= 15 is 0 Å². The Morgan fingerprint density at radius 3 is 2.62 bits per heavy atom. The lowest BCUT2D eigenvalue weighted by Gasteiger charge is -2.20. The number of fused-ring (bicyclic) bond motifs is 1. The van der Waals surface area contributed by atoms with Gasteiger partial charge in [0.2, 0.25) is 19.4 Å². The molecule has 10 heteroatoms. The molecule has 0 radical (unpaired) electrons. The quantitative estimate of drug-likeness (QED) is 0.805. The molecule has 0 fully saturated rings. The van der Waals surface area contributed by atoms with Gasteiger partial charge in [-0.3, -0.25) is 10.2 Å². The standard InChI is InChI=1S/C14H11FN4O3S2/c1-2-24(21,22)14-18-19-11(16)10(12(20)17-13(19)23-14)7-8-3-5-9(15)6-4-8/h3-7,16H,2H2,1H3/b10-7+,16-11?. The molecule has 1 N–H and O–H groups in total. The van der Waals surface area contributed by atoms with Gasteiger partial charge in [0.05, 0.1) is 11.3 Å². The first-order valence-electron chi connectivity index (χ1n) is 6.80. The zero-order chi connectivity index (χ0) is 17.5. The summed E-state index contributed by atoms with van der Waals surface area (Å²) in [4.78, 5) is 15.9. The first-order chi connectivity index (χ1) is 11.3. The van der Waals surface area contributed by atoms with Crippen LogP contribution in [0.2, 0.25) is 0 Å². The van der Waals surface area contributed by atoms with Crippen LogP contribution in [0.25, 0.3) is 6.08 Å². The van der Waals surface area contributed by atoms with Crippen LogP contribution in [0.15, 0.2) is 39.9 Å². The Balaban J connectivity index is 1.99. The second kappa shape index (κ2) is 5.95. The van der Waals surface area contributed by atoms with Gasteiger partial charge in [0.15, 0.2) is 5.84 Å². The summed E-state index contributed by atoms with van der Waals surface area (Å²) in [5.41, 5.74) is 0.463. The van der Waals surface area contributed by atoms with Gasteiger partial charge in [-0.05, 0) is 35.5 Å². The molecule has 0 saturated carbocycles. The summed E-state index contributed by atoms with van der Waals surface area (Å²) in [6, 6.07) is 5.37. The van der Waals surface area contributed by atoms with E-state index < -0.39 is 21.6 Å². The predicted octanol–water partition coefficient (Wildman–Crippen LogP) is 1.84. The number of amides is 1. The number of amidine groups is 2. The van der Waals surface area contributed by atoms with E-state index in [9.17, 15) is 17.6 Å². The maximum atomic E-state index is 12.9. The fourth-order valence-electron chi connectivity index (χ4n) is 1.95. The number of hydrazone groups is 1. The number of hydrogen-bond acceptors (Lipinski definition) is 6. The van der Waals surface area contributed by atoms with E-state index in [1.165, 1.54) is 37.3 Å². The van der Waals surface area contributed by atoms with Crippen LogP contribution in [0.3, 0.4) is 0 Å². The number of aliphatic imine (C=N–C) groups is 1. The van der Waals surface area contributed by atoms with E-state index in [1.807, 2.05) is 0 Å². The summed E-state index contributed by atoms with van der Waals surface area (Å²) in [5, 5.41) is 13.1. The number of hydrogen-bond donors (Lipinski definition) is 1. The van der Waals surface area contributed by atoms with E-state index in [0.29, 0.717) is 5.56 Å². The highest BCUT2D eigenvalue weighted by Gasteiger charge is 2.39. The summed E-state index contributed by atoms with van der Waals surface area (Å²) < 4.78 is 36.6. The lowest BCUT2D eigenvalue weighted by molar-refractivity contribution is -0.114. The number of benzene rings is 1. The third-order valence-corrected chi connectivity index (χ3v) is 6.35. The average molecular weight is 366 g/mol. The Bertz CT molecular complexity index is 933. The van der Waals surface area contributed by atoms with Crippen LogP contribution in [0, 0.1) is 11.2 Å². The summed E-state index contributed by atoms with van der Waals surface area (Å²) in [6.07, 6.45) is 1.39. The van der Waals surface area contributed by atoms with Crippen LogP contribution in [0.1, 0.15) is 12.5 Å². The highest BCUT2D eigenvalue weighted by atomic mass is 32.3. The summed E-state index contributed by atoms with van der Waals surface area (Å²) in [7, 11) is -3.56. The Morgan fingerprint density at radius 2 is 2.00 bits per heavy atom. The lowest BCUT2D eigenvalue weighted by atomic mass is 10.1. The second-order valence-corrected chi connectivity index (χ2v) is 8.25. The van der Waals surface area contributed by atoms with Gasteiger partial charge in [-0.2, -0.15) is 10.0 Å². The van der Waals surface area contributed by atoms with E-state index in [2.05, 4.69) is 10.1 Å². The van der Waals surface area contributed by atoms with Crippen LogP contribution in [-0.4, -0.2) is 40.5 Å². The van der Waals surface area contributed by atoms with Gasteiger partial charge in [0.25, 0.3) is 5.91 Å². The number of nitrogens with one attached hydrogen (secondary N) is 1. The topological polar surface area (TPSA) is 103 Å². The normalized spacial score (nSPS) is 19.4. The van der Waals surface area contributed by atoms with Crippen molar-refractivity contribution >= 4 is 49.0 Å². The number of thioether (sulfide) groups is 1. The number of sulfone groups is 1. The van der Waals surface area contributed by atoms with Crippen molar-refractivity contribution in [2.24, 2.45) is 10.1 Å². The summed E-state index contributed by atoms with van der Waals surface area (Å²) in [5.74, 6) is -1.51. The third kappa shape index (κ3) is 2.89. The van der Waals surface area contributed by atoms with Crippen molar-refractivity contribution in [3.8, 4) is 0 Å². The Kier molecular flexibility index (Phi) is 4.10. The molecule has 124 valence electrons. The van der Waals surface area contributed by atoms with Gasteiger partial charge in [0.1, 0.15) is 5.82 Å². The fraction of sp³-hybridized carbons (Fsp3) is 0.143. The minimum atomic E-state index is -3.56. The molecule has 2 aliphatic heterocycles. The highest BCUT2D eigenvalue weighted by molar-refractivity contribution is 8.42. The first kappa shape index (κ1) is 16.5. The van der Waals surface area contributed by atoms with Crippen molar-refractivity contribution in [3.63, 3.8) is 0 Å². The molecule has 2 aliphatic rings. The number of halogens is 1. The van der Waals surface area contributed by atoms with E-state index in [0.717, 1.165) is 16.8 Å². The molecule has 1 aromatic rings. The molecule has 1 aromatic carbocycles. The predicted molar refractivity (Wildman–Crippen MR) is 90.9 cm³/mol. The molecule has 3 rings (SSSR count). The Labute approximate surface area is 141 Å². The van der Waals surface area contributed by atoms with Gasteiger partial charge in [0, 0.05) is 0 Å². The number of carbonyl (C=O) groups excluding carboxylic acids is 1.